The predicted octanol–water partition coefficient (Wildman–Crippen LogP) is 2.18. The van der Waals surface area contributed by atoms with Crippen LogP contribution in [0.1, 0.15) is 5.56 Å². The predicted molar refractivity (Wildman–Crippen MR) is 62.3 cm³/mol. The quantitative estimate of drug-likeness (QED) is 0.472. The monoisotopic (exact) mass is 297 g/mol. The largest absolute Gasteiger partial charge is 0.489 e. The zero-order chi connectivity index (χ0) is 13.9. The van der Waals surface area contributed by atoms with Gasteiger partial charge in [0.25, 0.3) is 14.7 Å². The summed E-state index contributed by atoms with van der Waals surface area (Å²) in [4.78, 5) is 9.33. The molecule has 0 aromatic heterocycles. The van der Waals surface area contributed by atoms with Crippen LogP contribution in [0.2, 0.25) is 0 Å². The maximum atomic E-state index is 12.0. The second-order valence-electron chi connectivity index (χ2n) is 3.32. The van der Waals surface area contributed by atoms with Crippen molar-refractivity contribution in [3.8, 4) is 5.75 Å². The van der Waals surface area contributed by atoms with E-state index < -0.39 is 31.2 Å². The molecule has 18 heavy (non-hydrogen) atoms. The van der Waals surface area contributed by atoms with E-state index in [1.165, 1.54) is 6.92 Å². The van der Waals surface area contributed by atoms with Gasteiger partial charge in [-0.1, -0.05) is 0 Å². The van der Waals surface area contributed by atoms with Crippen LogP contribution in [0.4, 0.5) is 10.1 Å². The number of nitrogens with zero attached hydrogens (tertiary/aromatic N) is 1. The number of aryl methyl sites for hydroxylation is 1. The normalized spacial score (nSPS) is 11.3. The van der Waals surface area contributed by atoms with E-state index in [2.05, 4.69) is 0 Å². The summed E-state index contributed by atoms with van der Waals surface area (Å²) in [5.74, 6) is -0.173. The van der Waals surface area contributed by atoms with Crippen molar-refractivity contribution in [1.29, 1.82) is 0 Å². The Morgan fingerprint density at radius 3 is 2.56 bits per heavy atom. The van der Waals surface area contributed by atoms with E-state index in [0.717, 1.165) is 12.1 Å². The highest BCUT2D eigenvalue weighted by Crippen LogP contribution is 2.34. The molecule has 0 N–H and O–H groups in total. The highest BCUT2D eigenvalue weighted by Gasteiger charge is 2.23. The van der Waals surface area contributed by atoms with E-state index in [0.29, 0.717) is 0 Å². The fraction of sp³-hybridized carbons (Fsp3) is 0.333. The number of benzene rings is 1. The summed E-state index contributed by atoms with van der Waals surface area (Å²) in [6.07, 6.45) is 0. The standard InChI is InChI=1S/C9H9ClFNO5S/c1-6-4-7(12(13)14)5-8(18(10,15)16)9(6)17-3-2-11/h4-5H,2-3H2,1H3. The zero-order valence-electron chi connectivity index (χ0n) is 9.22. The van der Waals surface area contributed by atoms with E-state index in [9.17, 15) is 22.9 Å². The number of nitro benzene ring substituents is 1. The lowest BCUT2D eigenvalue weighted by Gasteiger charge is -2.11. The van der Waals surface area contributed by atoms with Crippen molar-refractivity contribution in [2.24, 2.45) is 0 Å². The van der Waals surface area contributed by atoms with Crippen LogP contribution in [0.15, 0.2) is 17.0 Å². The van der Waals surface area contributed by atoms with Crippen molar-refractivity contribution in [2.45, 2.75) is 11.8 Å². The van der Waals surface area contributed by atoms with Gasteiger partial charge in [-0.15, -0.1) is 0 Å². The molecule has 0 radical (unpaired) electrons. The Balaban J connectivity index is 3.45. The second kappa shape index (κ2) is 5.49. The van der Waals surface area contributed by atoms with Gasteiger partial charge in [-0.3, -0.25) is 10.1 Å². The average Bonchev–Trinajstić information content (AvgIpc) is 2.25. The van der Waals surface area contributed by atoms with Crippen LogP contribution in [0.25, 0.3) is 0 Å². The van der Waals surface area contributed by atoms with Crippen LogP contribution in [0, 0.1) is 17.0 Å². The second-order valence-corrected chi connectivity index (χ2v) is 5.86. The molecule has 0 fully saturated rings. The lowest BCUT2D eigenvalue weighted by molar-refractivity contribution is -0.385. The van der Waals surface area contributed by atoms with Gasteiger partial charge in [0.1, 0.15) is 23.9 Å². The maximum Gasteiger partial charge on any atom is 0.271 e. The molecule has 0 heterocycles. The van der Waals surface area contributed by atoms with E-state index in [-0.39, 0.29) is 17.9 Å². The highest BCUT2D eigenvalue weighted by molar-refractivity contribution is 8.13. The summed E-state index contributed by atoms with van der Waals surface area (Å²) in [5, 5.41) is 10.6. The first-order valence-electron chi connectivity index (χ1n) is 4.70. The van der Waals surface area contributed by atoms with Crippen molar-refractivity contribution in [3.63, 3.8) is 0 Å². The Labute approximate surface area is 107 Å². The number of non-ortho nitro benzene ring substituents is 1. The molecule has 0 saturated heterocycles. The van der Waals surface area contributed by atoms with Gasteiger partial charge < -0.3 is 4.74 Å². The lowest BCUT2D eigenvalue weighted by Crippen LogP contribution is -2.06. The summed E-state index contributed by atoms with van der Waals surface area (Å²) >= 11 is 0. The number of alkyl halides is 1. The third-order valence-electron chi connectivity index (χ3n) is 2.02. The first kappa shape index (κ1) is 14.7. The van der Waals surface area contributed by atoms with Crippen molar-refractivity contribution in [1.82, 2.24) is 0 Å². The molecule has 0 unspecified atom stereocenters. The first-order chi connectivity index (χ1) is 8.27. The average molecular weight is 298 g/mol. The van der Waals surface area contributed by atoms with Crippen molar-refractivity contribution in [2.75, 3.05) is 13.3 Å². The molecule has 0 saturated carbocycles. The van der Waals surface area contributed by atoms with Gasteiger partial charge in [-0.25, -0.2) is 12.8 Å². The van der Waals surface area contributed by atoms with Crippen LogP contribution in [0.5, 0.6) is 5.75 Å². The summed E-state index contributed by atoms with van der Waals surface area (Å²) < 4.78 is 39.6. The molecule has 0 aliphatic carbocycles. The van der Waals surface area contributed by atoms with Gasteiger partial charge in [0.2, 0.25) is 0 Å². The Bertz CT molecular complexity index is 575. The third kappa shape index (κ3) is 3.30. The van der Waals surface area contributed by atoms with E-state index in [4.69, 9.17) is 15.4 Å². The van der Waals surface area contributed by atoms with E-state index >= 15 is 0 Å². The number of rotatable bonds is 5. The number of nitro groups is 1. The van der Waals surface area contributed by atoms with E-state index in [1.54, 1.807) is 0 Å². The van der Waals surface area contributed by atoms with Crippen molar-refractivity contribution < 1.29 is 22.5 Å². The van der Waals surface area contributed by atoms with Gasteiger partial charge in [0.15, 0.2) is 0 Å². The molecule has 1 aromatic rings. The minimum atomic E-state index is -4.22. The molecule has 0 aliphatic rings. The Morgan fingerprint density at radius 2 is 2.11 bits per heavy atom. The number of halogens is 2. The number of ether oxygens (including phenoxy) is 1. The Hall–Kier alpha value is -1.41. The molecule has 1 aromatic carbocycles. The molecule has 0 aliphatic heterocycles. The highest BCUT2D eigenvalue weighted by atomic mass is 35.7. The summed E-state index contributed by atoms with van der Waals surface area (Å²) in [6, 6.07) is 1.90. The van der Waals surface area contributed by atoms with Crippen LogP contribution < -0.4 is 4.74 Å². The van der Waals surface area contributed by atoms with Crippen LogP contribution in [-0.4, -0.2) is 26.6 Å². The van der Waals surface area contributed by atoms with Crippen molar-refractivity contribution in [3.05, 3.63) is 27.8 Å². The molecule has 100 valence electrons. The van der Waals surface area contributed by atoms with Crippen LogP contribution in [0.3, 0.4) is 0 Å². The SMILES string of the molecule is Cc1cc([N+](=O)[O-])cc(S(=O)(=O)Cl)c1OCCF. The summed E-state index contributed by atoms with van der Waals surface area (Å²) in [5.41, 5.74) is -0.240. The van der Waals surface area contributed by atoms with Gasteiger partial charge in [0.05, 0.1) is 4.92 Å². The van der Waals surface area contributed by atoms with E-state index in [1.807, 2.05) is 0 Å². The third-order valence-corrected chi connectivity index (χ3v) is 3.35. The van der Waals surface area contributed by atoms with Gasteiger partial charge >= 0.3 is 0 Å². The summed E-state index contributed by atoms with van der Waals surface area (Å²) in [6.45, 7) is 0.225. The fourth-order valence-corrected chi connectivity index (χ4v) is 2.38. The van der Waals surface area contributed by atoms with Crippen LogP contribution in [-0.2, 0) is 9.05 Å². The zero-order valence-corrected chi connectivity index (χ0v) is 10.8. The van der Waals surface area contributed by atoms with Gasteiger partial charge in [-0.2, -0.15) is 0 Å². The molecule has 0 bridgehead atoms. The van der Waals surface area contributed by atoms with Crippen LogP contribution >= 0.6 is 10.7 Å². The molecule has 0 amide bonds. The fourth-order valence-electron chi connectivity index (χ4n) is 1.34. The minimum Gasteiger partial charge on any atom is -0.489 e. The van der Waals surface area contributed by atoms with Gasteiger partial charge in [0, 0.05) is 22.8 Å². The van der Waals surface area contributed by atoms with Crippen molar-refractivity contribution >= 4 is 25.4 Å². The molecule has 6 nitrogen and oxygen atoms in total. The first-order valence-corrected chi connectivity index (χ1v) is 7.00. The smallest absolute Gasteiger partial charge is 0.271 e. The minimum absolute atomic E-state index is 0.173. The molecule has 1 rings (SSSR count). The molecule has 9 heteroatoms. The number of hydrogen-bond acceptors (Lipinski definition) is 5. The summed E-state index contributed by atoms with van der Waals surface area (Å²) in [7, 11) is 0.945. The Kier molecular flexibility index (Phi) is 4.47. The number of hydrogen-bond donors (Lipinski definition) is 0. The molecular weight excluding hydrogens is 289 g/mol. The molecular formula is C9H9ClFNO5S. The molecule has 0 atom stereocenters. The Morgan fingerprint density at radius 1 is 1.50 bits per heavy atom. The van der Waals surface area contributed by atoms with Gasteiger partial charge in [-0.05, 0) is 12.5 Å². The lowest BCUT2D eigenvalue weighted by atomic mass is 10.2. The maximum absolute atomic E-state index is 12.0. The topological polar surface area (TPSA) is 86.5 Å². The molecule has 0 spiro atoms.